The van der Waals surface area contributed by atoms with Gasteiger partial charge in [-0.3, -0.25) is 4.79 Å². The van der Waals surface area contributed by atoms with E-state index in [9.17, 15) is 9.59 Å². The van der Waals surface area contributed by atoms with Crippen molar-refractivity contribution in [3.8, 4) is 0 Å². The van der Waals surface area contributed by atoms with Gasteiger partial charge in [-0.15, -0.1) is 0 Å². The van der Waals surface area contributed by atoms with E-state index in [1.54, 1.807) is 4.90 Å². The third kappa shape index (κ3) is 4.26. The molecule has 1 aromatic carbocycles. The van der Waals surface area contributed by atoms with Crippen LogP contribution in [0.3, 0.4) is 0 Å². The first-order chi connectivity index (χ1) is 9.65. The van der Waals surface area contributed by atoms with Gasteiger partial charge in [0.05, 0.1) is 0 Å². The monoisotopic (exact) mass is 276 g/mol. The van der Waals surface area contributed by atoms with Crippen LogP contribution in [0.15, 0.2) is 30.3 Å². The molecule has 1 aliphatic heterocycles. The number of nitrogens with zero attached hydrogens (tertiary/aromatic N) is 1. The maximum absolute atomic E-state index is 11.6. The van der Waals surface area contributed by atoms with E-state index < -0.39 is 6.09 Å². The molecule has 0 bridgehead atoms. The Hall–Kier alpha value is -2.04. The molecular weight excluding hydrogens is 256 g/mol. The van der Waals surface area contributed by atoms with Crippen LogP contribution in [0.2, 0.25) is 0 Å². The van der Waals surface area contributed by atoms with Crippen molar-refractivity contribution in [3.63, 3.8) is 0 Å². The van der Waals surface area contributed by atoms with Gasteiger partial charge in [0.15, 0.2) is 0 Å². The highest BCUT2D eigenvalue weighted by atomic mass is 16.5. The molecule has 20 heavy (non-hydrogen) atoms. The van der Waals surface area contributed by atoms with Crippen molar-refractivity contribution in [3.05, 3.63) is 35.9 Å². The predicted molar refractivity (Wildman–Crippen MR) is 75.0 cm³/mol. The third-order valence-electron chi connectivity index (χ3n) is 3.24. The molecule has 0 aliphatic carbocycles. The molecule has 1 N–H and O–H groups in total. The summed E-state index contributed by atoms with van der Waals surface area (Å²) in [5.74, 6) is 0.163. The van der Waals surface area contributed by atoms with Crippen LogP contribution in [0.25, 0.3) is 0 Å². The summed E-state index contributed by atoms with van der Waals surface area (Å²) in [5.41, 5.74) is 0.949. The summed E-state index contributed by atoms with van der Waals surface area (Å²) in [4.78, 5) is 24.9. The first-order valence-electron chi connectivity index (χ1n) is 6.90. The molecule has 5 heteroatoms. The molecule has 1 atom stereocenters. The van der Waals surface area contributed by atoms with Gasteiger partial charge in [-0.05, 0) is 18.9 Å². The molecule has 2 rings (SSSR count). The standard InChI is InChI=1S/C15H20N2O3/c1-12(10-17-9-5-8-14(17)18)16-15(19)20-11-13-6-3-2-4-7-13/h2-4,6-7,12H,5,8-11H2,1H3,(H,16,19)/t12-/m1/s1. The number of hydrogen-bond acceptors (Lipinski definition) is 3. The minimum absolute atomic E-state index is 0.111. The van der Waals surface area contributed by atoms with Gasteiger partial charge in [-0.2, -0.15) is 0 Å². The SMILES string of the molecule is C[C@H](CN1CCCC1=O)NC(=O)OCc1ccccc1. The molecule has 1 saturated heterocycles. The Morgan fingerprint density at radius 2 is 2.15 bits per heavy atom. The fourth-order valence-corrected chi connectivity index (χ4v) is 2.24. The molecule has 1 aliphatic rings. The minimum atomic E-state index is -0.451. The molecular formula is C15H20N2O3. The molecule has 0 spiro atoms. The van der Waals surface area contributed by atoms with Crippen LogP contribution < -0.4 is 5.32 Å². The fraction of sp³-hybridized carbons (Fsp3) is 0.467. The molecule has 0 aromatic heterocycles. The lowest BCUT2D eigenvalue weighted by Crippen LogP contribution is -2.42. The van der Waals surface area contributed by atoms with E-state index in [4.69, 9.17) is 4.74 Å². The highest BCUT2D eigenvalue weighted by Gasteiger charge is 2.22. The molecule has 1 aromatic rings. The quantitative estimate of drug-likeness (QED) is 0.894. The number of likely N-dealkylation sites (tertiary alicyclic amines) is 1. The molecule has 1 heterocycles. The van der Waals surface area contributed by atoms with Crippen LogP contribution in [-0.4, -0.2) is 36.0 Å². The van der Waals surface area contributed by atoms with Crippen molar-refractivity contribution in [1.29, 1.82) is 0 Å². The van der Waals surface area contributed by atoms with Crippen molar-refractivity contribution >= 4 is 12.0 Å². The Bertz CT molecular complexity index is 461. The van der Waals surface area contributed by atoms with Gasteiger partial charge in [0.25, 0.3) is 0 Å². The summed E-state index contributed by atoms with van der Waals surface area (Å²) >= 11 is 0. The number of rotatable bonds is 5. The lowest BCUT2D eigenvalue weighted by atomic mass is 10.2. The van der Waals surface area contributed by atoms with Gasteiger partial charge in [-0.25, -0.2) is 4.79 Å². The molecule has 0 saturated carbocycles. The van der Waals surface area contributed by atoms with Crippen LogP contribution in [-0.2, 0) is 16.1 Å². The molecule has 0 radical (unpaired) electrons. The maximum Gasteiger partial charge on any atom is 0.407 e. The number of ether oxygens (including phenoxy) is 1. The number of hydrogen-bond donors (Lipinski definition) is 1. The molecule has 2 amide bonds. The lowest BCUT2D eigenvalue weighted by Gasteiger charge is -2.21. The summed E-state index contributed by atoms with van der Waals surface area (Å²) in [6.07, 6.45) is 1.07. The zero-order valence-corrected chi connectivity index (χ0v) is 11.7. The van der Waals surface area contributed by atoms with Crippen molar-refractivity contribution in [1.82, 2.24) is 10.2 Å². The second kappa shape index (κ2) is 6.93. The number of carbonyl (C=O) groups is 2. The largest absolute Gasteiger partial charge is 0.445 e. The van der Waals surface area contributed by atoms with Crippen LogP contribution in [0.4, 0.5) is 4.79 Å². The summed E-state index contributed by atoms with van der Waals surface area (Å²) in [5, 5.41) is 2.74. The van der Waals surface area contributed by atoms with E-state index in [2.05, 4.69) is 5.32 Å². The second-order valence-electron chi connectivity index (χ2n) is 5.05. The summed E-state index contributed by atoms with van der Waals surface area (Å²) in [6.45, 7) is 3.45. The predicted octanol–water partition coefficient (Wildman–Crippen LogP) is 1.92. The van der Waals surface area contributed by atoms with Gasteiger partial charge >= 0.3 is 6.09 Å². The van der Waals surface area contributed by atoms with Crippen molar-refractivity contribution in [2.24, 2.45) is 0 Å². The van der Waals surface area contributed by atoms with E-state index in [0.717, 1.165) is 18.5 Å². The number of alkyl carbamates (subject to hydrolysis) is 1. The average molecular weight is 276 g/mol. The van der Waals surface area contributed by atoms with Gasteiger partial charge in [-0.1, -0.05) is 30.3 Å². The Morgan fingerprint density at radius 3 is 2.80 bits per heavy atom. The fourth-order valence-electron chi connectivity index (χ4n) is 2.24. The van der Waals surface area contributed by atoms with Crippen LogP contribution in [0, 0.1) is 0 Å². The van der Waals surface area contributed by atoms with Crippen molar-refractivity contribution < 1.29 is 14.3 Å². The Morgan fingerprint density at radius 1 is 1.40 bits per heavy atom. The Labute approximate surface area is 118 Å². The third-order valence-corrected chi connectivity index (χ3v) is 3.24. The average Bonchev–Trinajstić information content (AvgIpc) is 2.83. The minimum Gasteiger partial charge on any atom is -0.445 e. The van der Waals surface area contributed by atoms with Gasteiger partial charge < -0.3 is 15.0 Å². The van der Waals surface area contributed by atoms with Crippen LogP contribution >= 0.6 is 0 Å². The highest BCUT2D eigenvalue weighted by molar-refractivity contribution is 5.78. The zero-order chi connectivity index (χ0) is 14.4. The lowest BCUT2D eigenvalue weighted by molar-refractivity contribution is -0.127. The summed E-state index contributed by atoms with van der Waals surface area (Å²) < 4.78 is 5.14. The topological polar surface area (TPSA) is 58.6 Å². The van der Waals surface area contributed by atoms with E-state index in [0.29, 0.717) is 13.0 Å². The first-order valence-corrected chi connectivity index (χ1v) is 6.90. The summed E-state index contributed by atoms with van der Waals surface area (Å²) in [7, 11) is 0. The first kappa shape index (κ1) is 14.4. The van der Waals surface area contributed by atoms with Crippen molar-refractivity contribution in [2.45, 2.75) is 32.4 Å². The van der Waals surface area contributed by atoms with Crippen molar-refractivity contribution in [2.75, 3.05) is 13.1 Å². The normalized spacial score (nSPS) is 16.1. The van der Waals surface area contributed by atoms with Crippen LogP contribution in [0.5, 0.6) is 0 Å². The second-order valence-corrected chi connectivity index (χ2v) is 5.05. The number of nitrogens with one attached hydrogen (secondary N) is 1. The van der Waals surface area contributed by atoms with E-state index in [-0.39, 0.29) is 18.6 Å². The number of benzene rings is 1. The molecule has 5 nitrogen and oxygen atoms in total. The number of carbonyl (C=O) groups excluding carboxylic acids is 2. The Kier molecular flexibility index (Phi) is 4.98. The van der Waals surface area contributed by atoms with Crippen LogP contribution in [0.1, 0.15) is 25.3 Å². The summed E-state index contributed by atoms with van der Waals surface area (Å²) in [6, 6.07) is 9.41. The van der Waals surface area contributed by atoms with Gasteiger partial charge in [0.2, 0.25) is 5.91 Å². The van der Waals surface area contributed by atoms with E-state index in [1.165, 1.54) is 0 Å². The Balaban J connectivity index is 1.69. The van der Waals surface area contributed by atoms with Gasteiger partial charge in [0.1, 0.15) is 6.61 Å². The molecule has 0 unspecified atom stereocenters. The van der Waals surface area contributed by atoms with Gasteiger partial charge in [0, 0.05) is 25.6 Å². The smallest absolute Gasteiger partial charge is 0.407 e. The molecule has 1 fully saturated rings. The molecule has 108 valence electrons. The highest BCUT2D eigenvalue weighted by Crippen LogP contribution is 2.09. The van der Waals surface area contributed by atoms with E-state index in [1.807, 2.05) is 37.3 Å². The number of amides is 2. The zero-order valence-electron chi connectivity index (χ0n) is 11.7. The maximum atomic E-state index is 11.6. The van der Waals surface area contributed by atoms with E-state index >= 15 is 0 Å².